The highest BCUT2D eigenvalue weighted by Gasteiger charge is 2.48. The van der Waals surface area contributed by atoms with E-state index < -0.39 is 35.2 Å². The molecule has 0 unspecified atom stereocenters. The fraction of sp³-hybridized carbons (Fsp3) is 0.375. The summed E-state index contributed by atoms with van der Waals surface area (Å²) in [4.78, 5) is 13.6. The lowest BCUT2D eigenvalue weighted by atomic mass is 9.78. The molecule has 2 aliphatic rings. The van der Waals surface area contributed by atoms with Gasteiger partial charge in [0.25, 0.3) is 0 Å². The van der Waals surface area contributed by atoms with Crippen LogP contribution in [0.15, 0.2) is 42.5 Å². The second-order valence-electron chi connectivity index (χ2n) is 9.20. The molecule has 13 heteroatoms. The minimum atomic E-state index is -4.61. The molecule has 3 aromatic rings. The van der Waals surface area contributed by atoms with Gasteiger partial charge in [-0.05, 0) is 68.0 Å². The van der Waals surface area contributed by atoms with Gasteiger partial charge in [0.15, 0.2) is 11.5 Å². The zero-order valence-corrected chi connectivity index (χ0v) is 19.3. The number of benzene rings is 1. The van der Waals surface area contributed by atoms with Crippen LogP contribution in [-0.2, 0) is 10.9 Å². The lowest BCUT2D eigenvalue weighted by molar-refractivity contribution is -0.141. The van der Waals surface area contributed by atoms with Crippen molar-refractivity contribution >= 4 is 17.7 Å². The van der Waals surface area contributed by atoms with Crippen LogP contribution in [0, 0.1) is 17.6 Å². The Kier molecular flexibility index (Phi) is 6.38. The van der Waals surface area contributed by atoms with Crippen molar-refractivity contribution in [1.82, 2.24) is 20.4 Å². The van der Waals surface area contributed by atoms with E-state index in [1.165, 1.54) is 17.0 Å². The van der Waals surface area contributed by atoms with E-state index in [9.17, 15) is 26.7 Å². The highest BCUT2D eigenvalue weighted by molar-refractivity contribution is 5.89. The van der Waals surface area contributed by atoms with E-state index in [0.29, 0.717) is 30.9 Å². The van der Waals surface area contributed by atoms with Gasteiger partial charge >= 0.3 is 12.3 Å². The maximum Gasteiger partial charge on any atom is 0.435 e. The first-order valence-electron chi connectivity index (χ1n) is 11.6. The molecule has 0 bridgehead atoms. The van der Waals surface area contributed by atoms with Gasteiger partial charge in [0, 0.05) is 18.2 Å². The van der Waals surface area contributed by atoms with Gasteiger partial charge in [-0.2, -0.15) is 13.2 Å². The van der Waals surface area contributed by atoms with Crippen LogP contribution in [0.1, 0.15) is 31.4 Å². The standard InChI is InChI=1S/C24H21F5N6O2/c25-16-9-15(10-17(26)11-16)18-1-3-20(33-31-18)30-12-14-5-7-23(8-6-14)13-35(22(36)37-23)21-4-2-19(32-34-21)24(27,28)29/h1-4,9-11,14H,5-8,12-13H2,(H,30,33). The molecule has 194 valence electrons. The van der Waals surface area contributed by atoms with Gasteiger partial charge in [-0.15, -0.1) is 20.4 Å². The summed E-state index contributed by atoms with van der Waals surface area (Å²) in [7, 11) is 0. The molecule has 8 nitrogen and oxygen atoms in total. The number of alkyl halides is 3. The van der Waals surface area contributed by atoms with Crippen LogP contribution < -0.4 is 10.2 Å². The Bertz CT molecular complexity index is 1260. The minimum Gasteiger partial charge on any atom is -0.441 e. The zero-order chi connectivity index (χ0) is 26.2. The fourth-order valence-corrected chi connectivity index (χ4v) is 4.62. The number of hydrogen-bond acceptors (Lipinski definition) is 7. The molecule has 0 atom stereocenters. The number of rotatable bonds is 5. The first-order chi connectivity index (χ1) is 17.6. The fourth-order valence-electron chi connectivity index (χ4n) is 4.62. The Morgan fingerprint density at radius 3 is 2.30 bits per heavy atom. The van der Waals surface area contributed by atoms with Gasteiger partial charge < -0.3 is 10.1 Å². The average Bonchev–Trinajstić information content (AvgIpc) is 3.18. The number of nitrogens with zero attached hydrogens (tertiary/aromatic N) is 5. The van der Waals surface area contributed by atoms with Crippen LogP contribution in [0.2, 0.25) is 0 Å². The number of amides is 1. The Morgan fingerprint density at radius 1 is 0.973 bits per heavy atom. The van der Waals surface area contributed by atoms with Crippen molar-refractivity contribution in [3.8, 4) is 11.3 Å². The van der Waals surface area contributed by atoms with Gasteiger partial charge in [-0.1, -0.05) is 0 Å². The summed E-state index contributed by atoms with van der Waals surface area (Å²) in [6, 6.07) is 8.34. The molecule has 1 aromatic carbocycles. The third-order valence-corrected chi connectivity index (χ3v) is 6.60. The van der Waals surface area contributed by atoms with Crippen LogP contribution >= 0.6 is 0 Å². The predicted molar refractivity (Wildman–Crippen MR) is 121 cm³/mol. The van der Waals surface area contributed by atoms with Gasteiger partial charge in [-0.3, -0.25) is 4.90 Å². The molecule has 1 saturated carbocycles. The highest BCUT2D eigenvalue weighted by atomic mass is 19.4. The molecule has 1 saturated heterocycles. The molecule has 37 heavy (non-hydrogen) atoms. The molecule has 2 fully saturated rings. The summed E-state index contributed by atoms with van der Waals surface area (Å²) in [5.74, 6) is -0.597. The van der Waals surface area contributed by atoms with Crippen LogP contribution in [-0.4, -0.2) is 45.2 Å². The summed E-state index contributed by atoms with van der Waals surface area (Å²) in [6.45, 7) is 0.792. The number of aromatic nitrogens is 4. The van der Waals surface area contributed by atoms with E-state index in [-0.39, 0.29) is 23.8 Å². The van der Waals surface area contributed by atoms with Crippen molar-refractivity contribution in [2.75, 3.05) is 23.3 Å². The second-order valence-corrected chi connectivity index (χ2v) is 9.20. The van der Waals surface area contributed by atoms with Crippen LogP contribution in [0.5, 0.6) is 0 Å². The molecular formula is C24H21F5N6O2. The summed E-state index contributed by atoms with van der Waals surface area (Å²) in [5.41, 5.74) is -1.22. The number of nitrogens with one attached hydrogen (secondary N) is 1. The summed E-state index contributed by atoms with van der Waals surface area (Å²) < 4.78 is 70.7. The number of anilines is 2. The quantitative estimate of drug-likeness (QED) is 0.461. The highest BCUT2D eigenvalue weighted by Crippen LogP contribution is 2.40. The van der Waals surface area contributed by atoms with E-state index >= 15 is 0 Å². The van der Waals surface area contributed by atoms with Crippen molar-refractivity contribution in [2.45, 2.75) is 37.5 Å². The van der Waals surface area contributed by atoms with E-state index in [4.69, 9.17) is 4.74 Å². The largest absolute Gasteiger partial charge is 0.441 e. The summed E-state index contributed by atoms with van der Waals surface area (Å²) >= 11 is 0. The molecule has 1 aliphatic heterocycles. The SMILES string of the molecule is O=C1OC2(CCC(CNc3ccc(-c4cc(F)cc(F)c4)nn3)CC2)CN1c1ccc(C(F)(F)F)nn1. The maximum atomic E-state index is 13.4. The molecule has 3 heterocycles. The number of carbonyl (C=O) groups is 1. The molecule has 2 aromatic heterocycles. The first kappa shape index (κ1) is 24.8. The van der Waals surface area contributed by atoms with Gasteiger partial charge in [0.05, 0.1) is 12.2 Å². The number of halogens is 5. The topological polar surface area (TPSA) is 93.1 Å². The van der Waals surface area contributed by atoms with Gasteiger partial charge in [0.1, 0.15) is 23.1 Å². The van der Waals surface area contributed by atoms with Crippen molar-refractivity contribution in [1.29, 1.82) is 0 Å². The third kappa shape index (κ3) is 5.44. The van der Waals surface area contributed by atoms with Crippen molar-refractivity contribution in [3.63, 3.8) is 0 Å². The van der Waals surface area contributed by atoms with E-state index in [1.807, 2.05) is 0 Å². The monoisotopic (exact) mass is 520 g/mol. The lowest BCUT2D eigenvalue weighted by Crippen LogP contribution is -2.39. The second kappa shape index (κ2) is 9.52. The molecule has 5 rings (SSSR count). The molecule has 0 radical (unpaired) electrons. The maximum absolute atomic E-state index is 13.4. The molecular weight excluding hydrogens is 499 g/mol. The van der Waals surface area contributed by atoms with Gasteiger partial charge in [0.2, 0.25) is 0 Å². The Hall–Kier alpha value is -3.90. The Morgan fingerprint density at radius 2 is 1.70 bits per heavy atom. The van der Waals surface area contributed by atoms with Crippen molar-refractivity contribution in [2.24, 2.45) is 5.92 Å². The first-order valence-corrected chi connectivity index (χ1v) is 11.6. The minimum absolute atomic E-state index is 0.0154. The molecule has 1 amide bonds. The van der Waals surface area contributed by atoms with Gasteiger partial charge in [-0.25, -0.2) is 13.6 Å². The Balaban J connectivity index is 1.14. The summed E-state index contributed by atoms with van der Waals surface area (Å²) in [6.07, 6.45) is -2.59. The average molecular weight is 520 g/mol. The van der Waals surface area contributed by atoms with E-state index in [2.05, 4.69) is 25.7 Å². The van der Waals surface area contributed by atoms with Crippen LogP contribution in [0.25, 0.3) is 11.3 Å². The molecule has 1 N–H and O–H groups in total. The van der Waals surface area contributed by atoms with Crippen molar-refractivity contribution in [3.05, 3.63) is 59.8 Å². The summed E-state index contributed by atoms with van der Waals surface area (Å²) in [5, 5.41) is 18.1. The predicted octanol–water partition coefficient (Wildman–Crippen LogP) is 5.23. The van der Waals surface area contributed by atoms with E-state index in [0.717, 1.165) is 31.0 Å². The zero-order valence-electron chi connectivity index (χ0n) is 19.3. The number of carbonyl (C=O) groups excluding carboxylic acids is 1. The van der Waals surface area contributed by atoms with Crippen LogP contribution in [0.3, 0.4) is 0 Å². The third-order valence-electron chi connectivity index (χ3n) is 6.60. The van der Waals surface area contributed by atoms with E-state index in [1.54, 1.807) is 12.1 Å². The molecule has 1 spiro atoms. The number of hydrogen-bond donors (Lipinski definition) is 1. The lowest BCUT2D eigenvalue weighted by Gasteiger charge is -2.35. The number of ether oxygens (including phenoxy) is 1. The smallest absolute Gasteiger partial charge is 0.435 e. The Labute approximate surface area is 207 Å². The molecule has 1 aliphatic carbocycles. The van der Waals surface area contributed by atoms with Crippen molar-refractivity contribution < 1.29 is 31.5 Å². The van der Waals surface area contributed by atoms with Crippen LogP contribution in [0.4, 0.5) is 38.4 Å². The normalized spacial score (nSPS) is 21.8.